The summed E-state index contributed by atoms with van der Waals surface area (Å²) in [5, 5.41) is 13.1. The van der Waals surface area contributed by atoms with Crippen molar-refractivity contribution in [2.45, 2.75) is 19.4 Å². The number of nitrogens with two attached hydrogens (primary N) is 1. The van der Waals surface area contributed by atoms with E-state index >= 15 is 0 Å². The highest BCUT2D eigenvalue weighted by atomic mass is 79.9. The molecule has 0 radical (unpaired) electrons. The zero-order chi connectivity index (χ0) is 14.5. The Hall–Kier alpha value is -1.66. The molecule has 0 aliphatic rings. The van der Waals surface area contributed by atoms with E-state index in [2.05, 4.69) is 31.2 Å². The molecule has 2 aromatic rings. The van der Waals surface area contributed by atoms with Gasteiger partial charge in [0.05, 0.1) is 5.56 Å². The Morgan fingerprint density at radius 2 is 2.20 bits per heavy atom. The van der Waals surface area contributed by atoms with Gasteiger partial charge in [-0.15, -0.1) is 0 Å². The third kappa shape index (κ3) is 3.68. The molecule has 5 nitrogen and oxygen atoms in total. The molecular weight excluding hydrogens is 320 g/mol. The summed E-state index contributed by atoms with van der Waals surface area (Å²) >= 11 is 3.37. The molecule has 1 aromatic carbocycles. The Bertz CT molecular complexity index is 591. The molecule has 0 unspecified atom stereocenters. The van der Waals surface area contributed by atoms with Crippen LogP contribution in [0.2, 0.25) is 0 Å². The number of halogens is 1. The topological polar surface area (TPSA) is 84.1 Å². The van der Waals surface area contributed by atoms with Gasteiger partial charge in [0.25, 0.3) is 0 Å². The van der Waals surface area contributed by atoms with E-state index in [1.54, 1.807) is 30.5 Å². The lowest BCUT2D eigenvalue weighted by atomic mass is 10.2. The zero-order valence-electron chi connectivity index (χ0n) is 11.2. The van der Waals surface area contributed by atoms with Gasteiger partial charge in [-0.25, -0.2) is 9.97 Å². The minimum Gasteiger partial charge on any atom is -0.507 e. The number of phenols is 1. The summed E-state index contributed by atoms with van der Waals surface area (Å²) in [4.78, 5) is 8.59. The molecule has 6 heteroatoms. The largest absolute Gasteiger partial charge is 0.507 e. The number of rotatable bonds is 5. The number of aromatic hydroxyl groups is 1. The summed E-state index contributed by atoms with van der Waals surface area (Å²) in [6, 6.07) is 7.03. The van der Waals surface area contributed by atoms with Crippen LogP contribution < -0.4 is 11.1 Å². The van der Waals surface area contributed by atoms with Crippen LogP contribution in [0.1, 0.15) is 13.3 Å². The lowest BCUT2D eigenvalue weighted by molar-refractivity contribution is 0.477. The van der Waals surface area contributed by atoms with Gasteiger partial charge in [0.1, 0.15) is 11.6 Å². The van der Waals surface area contributed by atoms with E-state index in [1.807, 2.05) is 6.92 Å². The van der Waals surface area contributed by atoms with Crippen molar-refractivity contribution in [3.63, 3.8) is 0 Å². The third-order valence-electron chi connectivity index (χ3n) is 2.92. The Labute approximate surface area is 126 Å². The number of hydrogen-bond donors (Lipinski definition) is 3. The fraction of sp³-hybridized carbons (Fsp3) is 0.286. The van der Waals surface area contributed by atoms with E-state index in [-0.39, 0.29) is 11.8 Å². The zero-order valence-corrected chi connectivity index (χ0v) is 12.8. The summed E-state index contributed by atoms with van der Waals surface area (Å²) < 4.78 is 0.861. The first-order chi connectivity index (χ1) is 9.60. The normalized spacial score (nSPS) is 12.2. The first-order valence-corrected chi connectivity index (χ1v) is 7.21. The van der Waals surface area contributed by atoms with E-state index in [0.717, 1.165) is 10.9 Å². The first kappa shape index (κ1) is 14.7. The second kappa shape index (κ2) is 6.67. The molecule has 0 aliphatic carbocycles. The number of phenolic OH excluding ortho intramolecular Hbond substituents is 1. The molecule has 1 aromatic heterocycles. The van der Waals surface area contributed by atoms with Gasteiger partial charge < -0.3 is 16.2 Å². The molecule has 1 heterocycles. The molecule has 0 amide bonds. The second-order valence-corrected chi connectivity index (χ2v) is 5.39. The van der Waals surface area contributed by atoms with Crippen molar-refractivity contribution in [2.75, 3.05) is 11.9 Å². The van der Waals surface area contributed by atoms with Gasteiger partial charge in [0, 0.05) is 23.3 Å². The maximum atomic E-state index is 9.89. The third-order valence-corrected chi connectivity index (χ3v) is 3.42. The summed E-state index contributed by atoms with van der Waals surface area (Å²) in [6.07, 6.45) is 2.56. The van der Waals surface area contributed by atoms with Crippen molar-refractivity contribution in [1.82, 2.24) is 9.97 Å². The van der Waals surface area contributed by atoms with Crippen molar-refractivity contribution in [3.8, 4) is 17.1 Å². The summed E-state index contributed by atoms with van der Waals surface area (Å²) in [5.74, 6) is 1.31. The van der Waals surface area contributed by atoms with E-state index < -0.39 is 0 Å². The molecule has 20 heavy (non-hydrogen) atoms. The maximum absolute atomic E-state index is 9.89. The van der Waals surface area contributed by atoms with Crippen molar-refractivity contribution in [3.05, 3.63) is 34.9 Å². The number of nitrogens with one attached hydrogen (secondary N) is 1. The summed E-state index contributed by atoms with van der Waals surface area (Å²) in [5.41, 5.74) is 6.45. The van der Waals surface area contributed by atoms with Crippen LogP contribution in [0.25, 0.3) is 11.4 Å². The van der Waals surface area contributed by atoms with E-state index in [9.17, 15) is 5.11 Å². The monoisotopic (exact) mass is 336 g/mol. The highest BCUT2D eigenvalue weighted by Gasteiger charge is 2.09. The Kier molecular flexibility index (Phi) is 4.92. The van der Waals surface area contributed by atoms with Crippen LogP contribution in [0.5, 0.6) is 5.75 Å². The van der Waals surface area contributed by atoms with Gasteiger partial charge >= 0.3 is 0 Å². The molecule has 1 atom stereocenters. The number of nitrogens with zero attached hydrogens (tertiary/aromatic N) is 2. The number of anilines is 1. The molecule has 0 spiro atoms. The molecule has 0 saturated heterocycles. The molecular formula is C14H17BrN4O. The first-order valence-electron chi connectivity index (χ1n) is 6.41. The van der Waals surface area contributed by atoms with Crippen LogP contribution >= 0.6 is 15.9 Å². The molecule has 0 bridgehead atoms. The lowest BCUT2D eigenvalue weighted by Crippen LogP contribution is -2.28. The van der Waals surface area contributed by atoms with Crippen LogP contribution in [0.15, 0.2) is 34.9 Å². The van der Waals surface area contributed by atoms with Gasteiger partial charge in [0.15, 0.2) is 5.82 Å². The van der Waals surface area contributed by atoms with Gasteiger partial charge in [-0.1, -0.05) is 22.9 Å². The number of benzene rings is 1. The predicted octanol–water partition coefficient (Wildman–Crippen LogP) is 2.76. The van der Waals surface area contributed by atoms with Crippen LogP contribution in [-0.4, -0.2) is 27.7 Å². The highest BCUT2D eigenvalue weighted by Crippen LogP contribution is 2.29. The maximum Gasteiger partial charge on any atom is 0.165 e. The Balaban J connectivity index is 2.23. The van der Waals surface area contributed by atoms with Crippen molar-refractivity contribution in [2.24, 2.45) is 5.73 Å². The average Bonchev–Trinajstić information content (AvgIpc) is 2.47. The van der Waals surface area contributed by atoms with Crippen LogP contribution in [0, 0.1) is 0 Å². The molecule has 0 fully saturated rings. The van der Waals surface area contributed by atoms with Crippen LogP contribution in [-0.2, 0) is 0 Å². The van der Waals surface area contributed by atoms with E-state index in [1.165, 1.54) is 0 Å². The average molecular weight is 337 g/mol. The summed E-state index contributed by atoms with van der Waals surface area (Å²) in [6.45, 7) is 2.69. The SMILES string of the molecule is CC[C@H](N)CNc1ccnc(-c2cc(Br)ccc2O)n1. The quantitative estimate of drug-likeness (QED) is 0.781. The van der Waals surface area contributed by atoms with Crippen LogP contribution in [0.3, 0.4) is 0 Å². The molecule has 4 N–H and O–H groups in total. The Morgan fingerprint density at radius 1 is 1.40 bits per heavy atom. The highest BCUT2D eigenvalue weighted by molar-refractivity contribution is 9.10. The molecule has 106 valence electrons. The number of hydrogen-bond acceptors (Lipinski definition) is 5. The number of aromatic nitrogens is 2. The van der Waals surface area contributed by atoms with Crippen molar-refractivity contribution in [1.29, 1.82) is 0 Å². The second-order valence-electron chi connectivity index (χ2n) is 4.48. The van der Waals surface area contributed by atoms with Crippen molar-refractivity contribution >= 4 is 21.7 Å². The fourth-order valence-electron chi connectivity index (χ4n) is 1.65. The smallest absolute Gasteiger partial charge is 0.165 e. The van der Waals surface area contributed by atoms with Crippen LogP contribution in [0.4, 0.5) is 5.82 Å². The Morgan fingerprint density at radius 3 is 2.95 bits per heavy atom. The molecule has 2 rings (SSSR count). The summed E-state index contributed by atoms with van der Waals surface area (Å²) in [7, 11) is 0. The predicted molar refractivity (Wildman–Crippen MR) is 83.6 cm³/mol. The van der Waals surface area contributed by atoms with Gasteiger partial charge in [-0.3, -0.25) is 0 Å². The van der Waals surface area contributed by atoms with Gasteiger partial charge in [-0.2, -0.15) is 0 Å². The van der Waals surface area contributed by atoms with E-state index in [0.29, 0.717) is 23.8 Å². The lowest BCUT2D eigenvalue weighted by Gasteiger charge is -2.11. The minimum absolute atomic E-state index is 0.0905. The van der Waals surface area contributed by atoms with Gasteiger partial charge in [-0.05, 0) is 30.7 Å². The van der Waals surface area contributed by atoms with E-state index in [4.69, 9.17) is 5.73 Å². The molecule has 0 aliphatic heterocycles. The minimum atomic E-state index is 0.0905. The van der Waals surface area contributed by atoms with Gasteiger partial charge in [0.2, 0.25) is 0 Å². The molecule has 0 saturated carbocycles. The van der Waals surface area contributed by atoms with Crippen molar-refractivity contribution < 1.29 is 5.11 Å². The standard InChI is InChI=1S/C14H17BrN4O/c1-2-10(16)8-18-13-5-6-17-14(19-13)11-7-9(15)3-4-12(11)20/h3-7,10,20H,2,8,16H2,1H3,(H,17,18,19)/t10-/m0/s1. The fourth-order valence-corrected chi connectivity index (χ4v) is 2.02.